The van der Waals surface area contributed by atoms with E-state index in [2.05, 4.69) is 12.1 Å². The first-order valence-corrected chi connectivity index (χ1v) is 6.72. The number of rotatable bonds is 2. The van der Waals surface area contributed by atoms with Gasteiger partial charge in [0, 0.05) is 23.4 Å². The highest BCUT2D eigenvalue weighted by Crippen LogP contribution is 2.37. The van der Waals surface area contributed by atoms with Crippen LogP contribution in [0.2, 0.25) is 4.34 Å². The summed E-state index contributed by atoms with van der Waals surface area (Å²) in [6.45, 7) is 1.27. The summed E-state index contributed by atoms with van der Waals surface area (Å²) in [6, 6.07) is 8.26. The topological polar surface area (TPSA) is 35.2 Å². The molecule has 17 heavy (non-hydrogen) atoms. The average molecular weight is 266 g/mol. The first kappa shape index (κ1) is 11.1. The summed E-state index contributed by atoms with van der Waals surface area (Å²) < 4.78 is 6.43. The second kappa shape index (κ2) is 4.33. The van der Waals surface area contributed by atoms with Crippen molar-refractivity contribution in [3.05, 3.63) is 39.7 Å². The molecule has 4 heteroatoms. The monoisotopic (exact) mass is 265 g/mol. The second-order valence-corrected chi connectivity index (χ2v) is 5.75. The lowest BCUT2D eigenvalue weighted by molar-refractivity contribution is 0.353. The highest BCUT2D eigenvalue weighted by molar-refractivity contribution is 7.19. The smallest absolute Gasteiger partial charge is 0.127 e. The van der Waals surface area contributed by atoms with Crippen molar-refractivity contribution in [1.29, 1.82) is 0 Å². The molecule has 0 fully saturated rings. The molecule has 0 radical (unpaired) electrons. The summed E-state index contributed by atoms with van der Waals surface area (Å²) in [4.78, 5) is 1.18. The molecule has 1 aromatic carbocycles. The third-order valence-corrected chi connectivity index (χ3v) is 4.22. The van der Waals surface area contributed by atoms with E-state index in [0.717, 1.165) is 28.7 Å². The molecule has 3 rings (SSSR count). The van der Waals surface area contributed by atoms with Gasteiger partial charge in [0.25, 0.3) is 0 Å². The Balaban J connectivity index is 2.12. The summed E-state index contributed by atoms with van der Waals surface area (Å²) in [5.41, 5.74) is 9.30. The van der Waals surface area contributed by atoms with E-state index in [1.807, 2.05) is 12.1 Å². The largest absolute Gasteiger partial charge is 0.493 e. The first-order chi connectivity index (χ1) is 8.28. The Hall–Kier alpha value is -1.03. The summed E-state index contributed by atoms with van der Waals surface area (Å²) in [5.74, 6) is 0.985. The minimum atomic E-state index is 0.509. The molecule has 2 heterocycles. The molecule has 0 saturated carbocycles. The van der Waals surface area contributed by atoms with Crippen molar-refractivity contribution >= 4 is 22.9 Å². The van der Waals surface area contributed by atoms with Gasteiger partial charge in [-0.25, -0.2) is 0 Å². The van der Waals surface area contributed by atoms with Crippen molar-refractivity contribution in [3.8, 4) is 16.2 Å². The fourth-order valence-corrected chi connectivity index (χ4v) is 3.18. The molecule has 1 aliphatic rings. The van der Waals surface area contributed by atoms with Gasteiger partial charge >= 0.3 is 0 Å². The van der Waals surface area contributed by atoms with Gasteiger partial charge in [0.05, 0.1) is 10.9 Å². The van der Waals surface area contributed by atoms with Crippen molar-refractivity contribution in [2.45, 2.75) is 13.0 Å². The molecule has 0 spiro atoms. The van der Waals surface area contributed by atoms with Crippen LogP contribution in [0.15, 0.2) is 24.3 Å². The maximum atomic E-state index is 5.97. The predicted molar refractivity (Wildman–Crippen MR) is 71.9 cm³/mol. The molecule has 2 aromatic rings. The van der Waals surface area contributed by atoms with Crippen molar-refractivity contribution in [3.63, 3.8) is 0 Å². The molecule has 0 atom stereocenters. The van der Waals surface area contributed by atoms with Crippen LogP contribution in [0.3, 0.4) is 0 Å². The molecule has 1 aliphatic heterocycles. The lowest BCUT2D eigenvalue weighted by Gasteiger charge is -2.08. The van der Waals surface area contributed by atoms with Gasteiger partial charge in [-0.2, -0.15) is 0 Å². The fourth-order valence-electron chi connectivity index (χ4n) is 2.15. The third-order valence-electron chi connectivity index (χ3n) is 2.94. The number of nitrogens with two attached hydrogens (primary N) is 1. The van der Waals surface area contributed by atoms with E-state index >= 15 is 0 Å². The number of thiophene rings is 1. The van der Waals surface area contributed by atoms with Crippen molar-refractivity contribution in [1.82, 2.24) is 0 Å². The number of benzene rings is 1. The number of halogens is 1. The number of fused-ring (bicyclic) bond motifs is 1. The average Bonchev–Trinajstić information content (AvgIpc) is 2.95. The molecular weight excluding hydrogens is 254 g/mol. The van der Waals surface area contributed by atoms with Crippen molar-refractivity contribution < 1.29 is 4.74 Å². The van der Waals surface area contributed by atoms with Crippen LogP contribution in [-0.4, -0.2) is 6.61 Å². The van der Waals surface area contributed by atoms with E-state index in [1.54, 1.807) is 11.3 Å². The van der Waals surface area contributed by atoms with E-state index in [1.165, 1.54) is 16.0 Å². The second-order valence-electron chi connectivity index (χ2n) is 4.03. The Morgan fingerprint density at radius 1 is 1.35 bits per heavy atom. The van der Waals surface area contributed by atoms with Crippen LogP contribution in [0.5, 0.6) is 5.75 Å². The van der Waals surface area contributed by atoms with Crippen LogP contribution < -0.4 is 10.5 Å². The molecule has 0 amide bonds. The van der Waals surface area contributed by atoms with E-state index < -0.39 is 0 Å². The summed E-state index contributed by atoms with van der Waals surface area (Å²) >= 11 is 7.56. The molecule has 0 aliphatic carbocycles. The van der Waals surface area contributed by atoms with Gasteiger partial charge in [0.1, 0.15) is 5.75 Å². The standard InChI is InChI=1S/C13H12ClNOS/c14-12-2-1-11(17-12)9-5-8-3-4-16-13(8)10(6-9)7-15/h1-2,5-6H,3-4,7,15H2. The van der Waals surface area contributed by atoms with Gasteiger partial charge in [-0.15, -0.1) is 11.3 Å². The molecule has 2 nitrogen and oxygen atoms in total. The Kier molecular flexibility index (Phi) is 2.82. The van der Waals surface area contributed by atoms with Crippen LogP contribution in [0.1, 0.15) is 11.1 Å². The van der Waals surface area contributed by atoms with Crippen LogP contribution >= 0.6 is 22.9 Å². The minimum Gasteiger partial charge on any atom is -0.493 e. The number of hydrogen-bond acceptors (Lipinski definition) is 3. The highest BCUT2D eigenvalue weighted by atomic mass is 35.5. The lowest BCUT2D eigenvalue weighted by Crippen LogP contribution is -1.99. The Morgan fingerprint density at radius 2 is 2.24 bits per heavy atom. The maximum absolute atomic E-state index is 5.97. The number of hydrogen-bond donors (Lipinski definition) is 1. The highest BCUT2D eigenvalue weighted by Gasteiger charge is 2.17. The van der Waals surface area contributed by atoms with Gasteiger partial charge in [-0.1, -0.05) is 11.6 Å². The van der Waals surface area contributed by atoms with Gasteiger partial charge in [-0.3, -0.25) is 0 Å². The SMILES string of the molecule is NCc1cc(-c2ccc(Cl)s2)cc2c1OCC2. The minimum absolute atomic E-state index is 0.509. The quantitative estimate of drug-likeness (QED) is 0.903. The molecule has 1 aromatic heterocycles. The molecule has 0 unspecified atom stereocenters. The molecule has 2 N–H and O–H groups in total. The fraction of sp³-hybridized carbons (Fsp3) is 0.231. The first-order valence-electron chi connectivity index (χ1n) is 5.52. The molecule has 0 saturated heterocycles. The molecular formula is C13H12ClNOS. The van der Waals surface area contributed by atoms with Crippen LogP contribution in [0, 0.1) is 0 Å². The third kappa shape index (κ3) is 1.95. The molecule has 0 bridgehead atoms. The van der Waals surface area contributed by atoms with E-state index in [4.69, 9.17) is 22.1 Å². The van der Waals surface area contributed by atoms with Crippen LogP contribution in [-0.2, 0) is 13.0 Å². The van der Waals surface area contributed by atoms with Crippen LogP contribution in [0.4, 0.5) is 0 Å². The van der Waals surface area contributed by atoms with Crippen LogP contribution in [0.25, 0.3) is 10.4 Å². The Bertz CT molecular complexity index is 565. The molecule has 88 valence electrons. The zero-order valence-corrected chi connectivity index (χ0v) is 10.8. The van der Waals surface area contributed by atoms with E-state index in [-0.39, 0.29) is 0 Å². The normalized spacial score (nSPS) is 13.5. The van der Waals surface area contributed by atoms with E-state index in [0.29, 0.717) is 6.54 Å². The predicted octanol–water partition coefficient (Wildman–Crippen LogP) is 3.46. The van der Waals surface area contributed by atoms with Crippen molar-refractivity contribution in [2.75, 3.05) is 6.61 Å². The summed E-state index contributed by atoms with van der Waals surface area (Å²) in [5, 5.41) is 0. The summed E-state index contributed by atoms with van der Waals surface area (Å²) in [7, 11) is 0. The zero-order valence-electron chi connectivity index (χ0n) is 9.20. The van der Waals surface area contributed by atoms with E-state index in [9.17, 15) is 0 Å². The van der Waals surface area contributed by atoms with Gasteiger partial charge < -0.3 is 10.5 Å². The van der Waals surface area contributed by atoms with Gasteiger partial charge in [0.15, 0.2) is 0 Å². The zero-order chi connectivity index (χ0) is 11.8. The maximum Gasteiger partial charge on any atom is 0.127 e. The van der Waals surface area contributed by atoms with Gasteiger partial charge in [0.2, 0.25) is 0 Å². The Morgan fingerprint density at radius 3 is 2.94 bits per heavy atom. The lowest BCUT2D eigenvalue weighted by atomic mass is 10.0. The summed E-state index contributed by atoms with van der Waals surface area (Å²) in [6.07, 6.45) is 0.968. The Labute approximate surface area is 109 Å². The number of ether oxygens (including phenoxy) is 1. The van der Waals surface area contributed by atoms with Gasteiger partial charge in [-0.05, 0) is 35.4 Å². The van der Waals surface area contributed by atoms with Crippen molar-refractivity contribution in [2.24, 2.45) is 5.73 Å².